The summed E-state index contributed by atoms with van der Waals surface area (Å²) in [5.74, 6) is -0.435. The summed E-state index contributed by atoms with van der Waals surface area (Å²) in [5.41, 5.74) is 2.63. The Balaban J connectivity index is 1.61. The molecule has 0 saturated carbocycles. The summed E-state index contributed by atoms with van der Waals surface area (Å²) < 4.78 is 1.07. The Hall–Kier alpha value is -3.29. The number of thiazole rings is 1. The first-order chi connectivity index (χ1) is 13.9. The van der Waals surface area contributed by atoms with E-state index >= 15 is 0 Å². The highest BCUT2D eigenvalue weighted by molar-refractivity contribution is 7.21. The zero-order valence-electron chi connectivity index (χ0n) is 15.2. The summed E-state index contributed by atoms with van der Waals surface area (Å²) in [6, 6.07) is 17.4. The van der Waals surface area contributed by atoms with Crippen LogP contribution in [0.25, 0.3) is 20.8 Å². The molecule has 29 heavy (non-hydrogen) atoms. The van der Waals surface area contributed by atoms with Crippen molar-refractivity contribution >= 4 is 50.4 Å². The van der Waals surface area contributed by atoms with Crippen LogP contribution < -0.4 is 5.32 Å². The first kappa shape index (κ1) is 19.0. The lowest BCUT2D eigenvalue weighted by Crippen LogP contribution is -2.14. The molecule has 8 heteroatoms. The summed E-state index contributed by atoms with van der Waals surface area (Å²) in [6.07, 6.45) is 0. The molecule has 1 aromatic heterocycles. The van der Waals surface area contributed by atoms with Gasteiger partial charge < -0.3 is 5.32 Å². The standard InChI is InChI=1S/C21H14ClN3O3S/c1-12-14(5-4-7-18(12)25(27)28)20(26)23-13-9-10-15(16(22)11-13)21-24-17-6-2-3-8-19(17)29-21/h2-11H,1H3,(H,23,26). The molecule has 4 rings (SSSR count). The number of nitro benzene ring substituents is 1. The number of nitro groups is 1. The van der Waals surface area contributed by atoms with Gasteiger partial charge in [-0.2, -0.15) is 0 Å². The number of halogens is 1. The fourth-order valence-electron chi connectivity index (χ4n) is 3.02. The van der Waals surface area contributed by atoms with Crippen LogP contribution in [0.5, 0.6) is 0 Å². The van der Waals surface area contributed by atoms with Crippen LogP contribution >= 0.6 is 22.9 Å². The molecule has 3 aromatic carbocycles. The van der Waals surface area contributed by atoms with Crippen molar-refractivity contribution in [3.05, 3.63) is 86.9 Å². The van der Waals surface area contributed by atoms with E-state index < -0.39 is 10.8 Å². The molecule has 0 aliphatic carbocycles. The Morgan fingerprint density at radius 1 is 1.14 bits per heavy atom. The molecular weight excluding hydrogens is 410 g/mol. The Kier molecular flexibility index (Phi) is 5.00. The van der Waals surface area contributed by atoms with Crippen LogP contribution in [0.15, 0.2) is 60.7 Å². The van der Waals surface area contributed by atoms with Gasteiger partial charge in [0.2, 0.25) is 0 Å². The van der Waals surface area contributed by atoms with Gasteiger partial charge in [0.15, 0.2) is 0 Å². The smallest absolute Gasteiger partial charge is 0.273 e. The third kappa shape index (κ3) is 3.70. The van der Waals surface area contributed by atoms with Crippen LogP contribution in [0, 0.1) is 17.0 Å². The fraction of sp³-hybridized carbons (Fsp3) is 0.0476. The van der Waals surface area contributed by atoms with Gasteiger partial charge in [0.05, 0.1) is 20.2 Å². The summed E-state index contributed by atoms with van der Waals surface area (Å²) in [7, 11) is 0. The molecule has 0 aliphatic heterocycles. The van der Waals surface area contributed by atoms with E-state index in [1.54, 1.807) is 42.5 Å². The highest BCUT2D eigenvalue weighted by Crippen LogP contribution is 2.35. The summed E-state index contributed by atoms with van der Waals surface area (Å²) in [5, 5.41) is 15.1. The van der Waals surface area contributed by atoms with E-state index in [0.29, 0.717) is 16.3 Å². The molecule has 4 aromatic rings. The molecule has 0 bridgehead atoms. The van der Waals surface area contributed by atoms with Crippen LogP contribution in [0.3, 0.4) is 0 Å². The number of carbonyl (C=O) groups excluding carboxylic acids is 1. The molecule has 1 amide bonds. The van der Waals surface area contributed by atoms with Crippen LogP contribution in [0.1, 0.15) is 15.9 Å². The van der Waals surface area contributed by atoms with E-state index in [4.69, 9.17) is 11.6 Å². The summed E-state index contributed by atoms with van der Waals surface area (Å²) >= 11 is 7.99. The number of nitrogens with one attached hydrogen (secondary N) is 1. The number of nitrogens with zero attached hydrogens (tertiary/aromatic N) is 2. The van der Waals surface area contributed by atoms with Crippen LogP contribution in [-0.2, 0) is 0 Å². The van der Waals surface area contributed by atoms with Gasteiger partial charge in [0.25, 0.3) is 11.6 Å². The first-order valence-electron chi connectivity index (χ1n) is 8.65. The minimum atomic E-state index is -0.504. The Morgan fingerprint density at radius 2 is 1.93 bits per heavy atom. The molecule has 0 saturated heterocycles. The maximum atomic E-state index is 12.6. The second-order valence-corrected chi connectivity index (χ2v) is 7.78. The third-order valence-corrected chi connectivity index (χ3v) is 5.88. The Bertz CT molecular complexity index is 1240. The van der Waals surface area contributed by atoms with Gasteiger partial charge in [-0.25, -0.2) is 4.98 Å². The molecular formula is C21H14ClN3O3S. The lowest BCUT2D eigenvalue weighted by atomic mass is 10.1. The van der Waals surface area contributed by atoms with E-state index in [1.165, 1.54) is 12.1 Å². The summed E-state index contributed by atoms with van der Waals surface area (Å²) in [6.45, 7) is 1.55. The summed E-state index contributed by atoms with van der Waals surface area (Å²) in [4.78, 5) is 27.8. The van der Waals surface area contributed by atoms with Crippen molar-refractivity contribution in [3.63, 3.8) is 0 Å². The van der Waals surface area contributed by atoms with Crippen molar-refractivity contribution < 1.29 is 9.72 Å². The SMILES string of the molecule is Cc1c(C(=O)Nc2ccc(-c3nc4ccccc4s3)c(Cl)c2)cccc1[N+](=O)[O-]. The number of carbonyl (C=O) groups is 1. The van der Waals surface area contributed by atoms with Gasteiger partial charge in [-0.05, 0) is 43.3 Å². The zero-order chi connectivity index (χ0) is 20.5. The lowest BCUT2D eigenvalue weighted by molar-refractivity contribution is -0.385. The van der Waals surface area contributed by atoms with E-state index in [2.05, 4.69) is 10.3 Å². The van der Waals surface area contributed by atoms with Gasteiger partial charge in [0.1, 0.15) is 5.01 Å². The number of para-hydroxylation sites is 1. The van der Waals surface area contributed by atoms with Crippen molar-refractivity contribution in [2.24, 2.45) is 0 Å². The number of anilines is 1. The maximum absolute atomic E-state index is 12.6. The molecule has 0 atom stereocenters. The predicted octanol–water partition coefficient (Wildman–Crippen LogP) is 6.09. The second-order valence-electron chi connectivity index (χ2n) is 6.34. The minimum Gasteiger partial charge on any atom is -0.322 e. The zero-order valence-corrected chi connectivity index (χ0v) is 16.8. The van der Waals surface area contributed by atoms with Gasteiger partial charge in [-0.15, -0.1) is 11.3 Å². The number of hydrogen-bond donors (Lipinski definition) is 1. The predicted molar refractivity (Wildman–Crippen MR) is 116 cm³/mol. The Labute approximate surface area is 174 Å². The Morgan fingerprint density at radius 3 is 2.66 bits per heavy atom. The van der Waals surface area contributed by atoms with Crippen molar-refractivity contribution in [1.82, 2.24) is 4.98 Å². The van der Waals surface area contributed by atoms with Crippen molar-refractivity contribution in [2.45, 2.75) is 6.92 Å². The molecule has 6 nitrogen and oxygen atoms in total. The molecule has 0 unspecified atom stereocenters. The van der Waals surface area contributed by atoms with Gasteiger partial charge in [-0.1, -0.05) is 29.8 Å². The van der Waals surface area contributed by atoms with Crippen LogP contribution in [0.2, 0.25) is 5.02 Å². The van der Waals surface area contributed by atoms with E-state index in [0.717, 1.165) is 20.8 Å². The van der Waals surface area contributed by atoms with Gasteiger partial charge >= 0.3 is 0 Å². The average Bonchev–Trinajstić information content (AvgIpc) is 3.11. The van der Waals surface area contributed by atoms with E-state index in [1.807, 2.05) is 24.3 Å². The molecule has 0 aliphatic rings. The normalized spacial score (nSPS) is 10.8. The monoisotopic (exact) mass is 423 g/mol. The second kappa shape index (κ2) is 7.62. The quantitative estimate of drug-likeness (QED) is 0.318. The van der Waals surface area contributed by atoms with Gasteiger partial charge in [0, 0.05) is 28.4 Å². The highest BCUT2D eigenvalue weighted by atomic mass is 35.5. The number of aromatic nitrogens is 1. The topological polar surface area (TPSA) is 85.1 Å². The van der Waals surface area contributed by atoms with E-state index in [-0.39, 0.29) is 11.3 Å². The number of rotatable bonds is 4. The molecule has 0 fully saturated rings. The van der Waals surface area contributed by atoms with E-state index in [9.17, 15) is 14.9 Å². The molecule has 0 radical (unpaired) electrons. The number of hydrogen-bond acceptors (Lipinski definition) is 5. The number of amides is 1. The van der Waals surface area contributed by atoms with Crippen molar-refractivity contribution in [2.75, 3.05) is 5.32 Å². The molecule has 1 heterocycles. The van der Waals surface area contributed by atoms with Gasteiger partial charge in [-0.3, -0.25) is 14.9 Å². The molecule has 0 spiro atoms. The first-order valence-corrected chi connectivity index (χ1v) is 9.84. The highest BCUT2D eigenvalue weighted by Gasteiger charge is 2.18. The minimum absolute atomic E-state index is 0.0955. The largest absolute Gasteiger partial charge is 0.322 e. The molecule has 1 N–H and O–H groups in total. The number of benzene rings is 3. The number of fused-ring (bicyclic) bond motifs is 1. The van der Waals surface area contributed by atoms with Crippen LogP contribution in [-0.4, -0.2) is 15.8 Å². The van der Waals surface area contributed by atoms with Crippen molar-refractivity contribution in [1.29, 1.82) is 0 Å². The maximum Gasteiger partial charge on any atom is 0.273 e. The van der Waals surface area contributed by atoms with Crippen molar-refractivity contribution in [3.8, 4) is 10.6 Å². The lowest BCUT2D eigenvalue weighted by Gasteiger charge is -2.09. The molecule has 144 valence electrons. The average molecular weight is 424 g/mol. The fourth-order valence-corrected chi connectivity index (χ4v) is 4.35. The third-order valence-electron chi connectivity index (χ3n) is 4.50. The van der Waals surface area contributed by atoms with Crippen LogP contribution in [0.4, 0.5) is 11.4 Å².